The van der Waals surface area contributed by atoms with Gasteiger partial charge < -0.3 is 4.74 Å². The maximum atomic E-state index is 12.1. The number of hydrogen-bond acceptors (Lipinski definition) is 4. The third-order valence-electron chi connectivity index (χ3n) is 3.34. The van der Waals surface area contributed by atoms with Gasteiger partial charge in [-0.15, -0.1) is 0 Å². The van der Waals surface area contributed by atoms with Crippen molar-refractivity contribution in [3.8, 4) is 5.75 Å². The average Bonchev–Trinajstić information content (AvgIpc) is 2.55. The van der Waals surface area contributed by atoms with Crippen LogP contribution in [0.1, 0.15) is 5.56 Å². The van der Waals surface area contributed by atoms with E-state index in [4.69, 9.17) is 16.3 Å². The molecule has 1 aliphatic rings. The van der Waals surface area contributed by atoms with Crippen molar-refractivity contribution in [3.63, 3.8) is 0 Å². The summed E-state index contributed by atoms with van der Waals surface area (Å²) in [5.74, 6) is 0.352. The number of amides is 1. The number of carbonyl (C=O) groups excluding carboxylic acids is 1. The van der Waals surface area contributed by atoms with Crippen molar-refractivity contribution in [2.45, 2.75) is 0 Å². The summed E-state index contributed by atoms with van der Waals surface area (Å²) in [5.41, 5.74) is 0.691. The summed E-state index contributed by atoms with van der Waals surface area (Å²) in [6.45, 7) is 0.131. The molecule has 0 aromatic heterocycles. The quantitative estimate of drug-likeness (QED) is 0.877. The van der Waals surface area contributed by atoms with E-state index >= 15 is 0 Å². The van der Waals surface area contributed by atoms with Gasteiger partial charge in [0.25, 0.3) is 0 Å². The average molecular weight is 365 g/mol. The molecule has 1 heterocycles. The second-order valence-electron chi connectivity index (χ2n) is 4.96. The maximum Gasteiger partial charge on any atom is 0.417 e. The van der Waals surface area contributed by atoms with Gasteiger partial charge in [-0.25, -0.2) is 17.9 Å². The number of nitrogens with one attached hydrogen (secondary N) is 2. The van der Waals surface area contributed by atoms with Gasteiger partial charge in [0.1, 0.15) is 5.75 Å². The monoisotopic (exact) mass is 364 g/mol. The molecular weight excluding hydrogens is 352 g/mol. The van der Waals surface area contributed by atoms with Gasteiger partial charge >= 0.3 is 6.09 Å². The minimum atomic E-state index is -3.57. The lowest BCUT2D eigenvalue weighted by Crippen LogP contribution is -2.43. The SMILES string of the molecule is O=C(N/C(=C1\CNS1(=O)=O)c1ccc(Cl)cc1)Oc1ccccc1. The largest absolute Gasteiger partial charge is 0.417 e. The van der Waals surface area contributed by atoms with Gasteiger partial charge in [-0.3, -0.25) is 5.32 Å². The lowest BCUT2D eigenvalue weighted by molar-refractivity contribution is 0.205. The second kappa shape index (κ2) is 6.64. The molecule has 0 bridgehead atoms. The van der Waals surface area contributed by atoms with Crippen LogP contribution < -0.4 is 14.8 Å². The molecular formula is C16H13ClN2O4S. The van der Waals surface area contributed by atoms with E-state index in [1.807, 2.05) is 0 Å². The minimum absolute atomic E-state index is 0.0924. The van der Waals surface area contributed by atoms with Gasteiger partial charge in [-0.2, -0.15) is 0 Å². The predicted molar refractivity (Wildman–Crippen MR) is 90.9 cm³/mol. The van der Waals surface area contributed by atoms with Gasteiger partial charge in [-0.1, -0.05) is 41.9 Å². The summed E-state index contributed by atoms with van der Waals surface area (Å²) < 4.78 is 31.2. The molecule has 124 valence electrons. The molecule has 8 heteroatoms. The molecule has 0 radical (unpaired) electrons. The van der Waals surface area contributed by atoms with Crippen molar-refractivity contribution in [1.82, 2.24) is 10.0 Å². The number of halogens is 1. The summed E-state index contributed by atoms with van der Waals surface area (Å²) in [6, 6.07) is 15.0. The molecule has 2 aromatic rings. The van der Waals surface area contributed by atoms with Gasteiger partial charge in [-0.05, 0) is 29.8 Å². The summed E-state index contributed by atoms with van der Waals surface area (Å²) in [6.07, 6.45) is -0.777. The van der Waals surface area contributed by atoms with Crippen LogP contribution in [0.4, 0.5) is 4.79 Å². The fourth-order valence-corrected chi connectivity index (χ4v) is 3.22. The lowest BCUT2D eigenvalue weighted by atomic mass is 10.1. The maximum absolute atomic E-state index is 12.1. The van der Waals surface area contributed by atoms with Crippen molar-refractivity contribution < 1.29 is 17.9 Å². The summed E-state index contributed by atoms with van der Waals surface area (Å²) in [4.78, 5) is 12.2. The highest BCUT2D eigenvalue weighted by Gasteiger charge is 2.33. The highest BCUT2D eigenvalue weighted by atomic mass is 35.5. The normalized spacial score (nSPS) is 17.5. The number of benzene rings is 2. The van der Waals surface area contributed by atoms with Gasteiger partial charge in [0, 0.05) is 5.02 Å². The molecule has 1 aliphatic heterocycles. The number of sulfonamides is 1. The highest BCUT2D eigenvalue weighted by molar-refractivity contribution is 7.95. The molecule has 1 amide bonds. The van der Waals surface area contributed by atoms with Crippen LogP contribution in [-0.2, 0) is 10.0 Å². The van der Waals surface area contributed by atoms with E-state index in [9.17, 15) is 13.2 Å². The molecule has 1 saturated heterocycles. The first-order valence-corrected chi connectivity index (χ1v) is 8.84. The number of ether oxygens (including phenoxy) is 1. The zero-order chi connectivity index (χ0) is 17.2. The Labute approximate surface area is 144 Å². The van der Waals surface area contributed by atoms with Crippen molar-refractivity contribution in [3.05, 3.63) is 70.1 Å². The first-order valence-electron chi connectivity index (χ1n) is 6.98. The molecule has 2 aromatic carbocycles. The topological polar surface area (TPSA) is 84.5 Å². The van der Waals surface area contributed by atoms with Crippen LogP contribution in [0.3, 0.4) is 0 Å². The second-order valence-corrected chi connectivity index (χ2v) is 7.18. The number of para-hydroxylation sites is 1. The van der Waals surface area contributed by atoms with Crippen molar-refractivity contribution >= 4 is 33.4 Å². The van der Waals surface area contributed by atoms with E-state index < -0.39 is 16.1 Å². The molecule has 6 nitrogen and oxygen atoms in total. The van der Waals surface area contributed by atoms with Crippen LogP contribution in [0, 0.1) is 0 Å². The van der Waals surface area contributed by atoms with E-state index in [0.717, 1.165) is 0 Å². The first kappa shape index (κ1) is 16.5. The van der Waals surface area contributed by atoms with Crippen LogP contribution in [0.2, 0.25) is 5.02 Å². The van der Waals surface area contributed by atoms with Crippen LogP contribution in [0.5, 0.6) is 5.75 Å². The Morgan fingerprint density at radius 1 is 1.08 bits per heavy atom. The lowest BCUT2D eigenvalue weighted by Gasteiger charge is -2.24. The smallest absolute Gasteiger partial charge is 0.410 e. The van der Waals surface area contributed by atoms with E-state index in [2.05, 4.69) is 10.0 Å². The molecule has 0 unspecified atom stereocenters. The number of hydrogen-bond donors (Lipinski definition) is 2. The Kier molecular flexibility index (Phi) is 4.57. The van der Waals surface area contributed by atoms with Crippen LogP contribution in [-0.4, -0.2) is 21.1 Å². The van der Waals surface area contributed by atoms with Crippen LogP contribution in [0.25, 0.3) is 5.70 Å². The summed E-state index contributed by atoms with van der Waals surface area (Å²) in [5, 5.41) is 3.02. The Morgan fingerprint density at radius 2 is 1.75 bits per heavy atom. The zero-order valence-corrected chi connectivity index (χ0v) is 13.9. The fourth-order valence-electron chi connectivity index (χ4n) is 2.13. The third-order valence-corrected chi connectivity index (χ3v) is 5.11. The van der Waals surface area contributed by atoms with Crippen LogP contribution >= 0.6 is 11.6 Å². The number of rotatable bonds is 3. The van der Waals surface area contributed by atoms with Crippen molar-refractivity contribution in [2.24, 2.45) is 0 Å². The summed E-state index contributed by atoms with van der Waals surface area (Å²) in [7, 11) is -3.57. The Morgan fingerprint density at radius 3 is 2.29 bits per heavy atom. The zero-order valence-electron chi connectivity index (χ0n) is 12.3. The van der Waals surface area contributed by atoms with E-state index in [1.165, 1.54) is 0 Å². The van der Waals surface area contributed by atoms with Gasteiger partial charge in [0.15, 0.2) is 0 Å². The standard InChI is InChI=1S/C16H13ClN2O4S/c17-12-8-6-11(7-9-12)15(14-10-18-24(14,21)22)19-16(20)23-13-4-2-1-3-5-13/h1-9,18H,10H2,(H,19,20)/b15-14+. The molecule has 24 heavy (non-hydrogen) atoms. The van der Waals surface area contributed by atoms with E-state index in [1.54, 1.807) is 54.6 Å². The third kappa shape index (κ3) is 3.59. The van der Waals surface area contributed by atoms with Gasteiger partial charge in [0.2, 0.25) is 10.0 Å². The molecule has 0 spiro atoms. The Hall–Kier alpha value is -2.35. The molecule has 0 aliphatic carbocycles. The highest BCUT2D eigenvalue weighted by Crippen LogP contribution is 2.26. The Balaban J connectivity index is 1.89. The molecule has 3 rings (SSSR count). The number of carbonyl (C=O) groups is 1. The minimum Gasteiger partial charge on any atom is -0.410 e. The Bertz CT molecular complexity index is 893. The molecule has 2 N–H and O–H groups in total. The fraction of sp³-hybridized carbons (Fsp3) is 0.0625. The van der Waals surface area contributed by atoms with Gasteiger partial charge in [0.05, 0.1) is 17.1 Å². The first-order chi connectivity index (χ1) is 11.5. The molecule has 0 saturated carbocycles. The molecule has 1 fully saturated rings. The van der Waals surface area contributed by atoms with Crippen LogP contribution in [0.15, 0.2) is 59.5 Å². The summed E-state index contributed by atoms with van der Waals surface area (Å²) >= 11 is 5.85. The predicted octanol–water partition coefficient (Wildman–Crippen LogP) is 2.73. The van der Waals surface area contributed by atoms with E-state index in [0.29, 0.717) is 16.3 Å². The van der Waals surface area contributed by atoms with E-state index in [-0.39, 0.29) is 17.1 Å². The van der Waals surface area contributed by atoms with Crippen molar-refractivity contribution in [2.75, 3.05) is 6.54 Å². The molecule has 0 atom stereocenters. The van der Waals surface area contributed by atoms with Crippen molar-refractivity contribution in [1.29, 1.82) is 0 Å².